The quantitative estimate of drug-likeness (QED) is 0.106. The van der Waals surface area contributed by atoms with E-state index in [0.717, 1.165) is 16.7 Å². The van der Waals surface area contributed by atoms with E-state index < -0.39 is 28.2 Å². The van der Waals surface area contributed by atoms with Gasteiger partial charge in [-0.3, -0.25) is 0 Å². The Kier molecular flexibility index (Phi) is 10.8. The number of aromatic nitrogens is 1. The standard InChI is InChI=1S/C42H41FN2O5S/c1-41(2,3)50-40(47)45-27-35(51-42(30-14-8-5-9-15-30,31-16-10-6-11-17-31)32-18-12-7-13-19-32)26-34(45)28-49-37-25-24-36(39(46)48-4)38(44-37)29-20-22-33(43)23-21-29/h5-25,34-35H,26-28H2,1-4H3/t34-,35-/m0/s1. The monoisotopic (exact) mass is 704 g/mol. The number of methoxy groups -OCH3 is 1. The van der Waals surface area contributed by atoms with Crippen molar-refractivity contribution in [1.29, 1.82) is 0 Å². The number of rotatable bonds is 10. The topological polar surface area (TPSA) is 78.0 Å². The highest BCUT2D eigenvalue weighted by Gasteiger charge is 2.45. The van der Waals surface area contributed by atoms with E-state index in [-0.39, 0.29) is 29.3 Å². The van der Waals surface area contributed by atoms with Gasteiger partial charge in [-0.05, 0) is 74.2 Å². The van der Waals surface area contributed by atoms with Crippen LogP contribution < -0.4 is 4.74 Å². The van der Waals surface area contributed by atoms with Gasteiger partial charge in [0.2, 0.25) is 5.88 Å². The highest BCUT2D eigenvalue weighted by Crippen LogP contribution is 2.52. The molecule has 7 nitrogen and oxygen atoms in total. The molecule has 1 aromatic heterocycles. The molecule has 262 valence electrons. The van der Waals surface area contributed by atoms with Crippen LogP contribution in [0.1, 0.15) is 54.2 Å². The minimum Gasteiger partial charge on any atom is -0.475 e. The molecule has 0 aliphatic carbocycles. The Bertz CT molecular complexity index is 1840. The number of ether oxygens (including phenoxy) is 3. The van der Waals surface area contributed by atoms with Crippen molar-refractivity contribution >= 4 is 23.8 Å². The van der Waals surface area contributed by atoms with E-state index in [0.29, 0.717) is 24.2 Å². The summed E-state index contributed by atoms with van der Waals surface area (Å²) < 4.78 is 30.3. The van der Waals surface area contributed by atoms with Crippen LogP contribution in [0.3, 0.4) is 0 Å². The van der Waals surface area contributed by atoms with Gasteiger partial charge in [0.1, 0.15) is 18.0 Å². The first-order valence-electron chi connectivity index (χ1n) is 16.9. The van der Waals surface area contributed by atoms with Crippen molar-refractivity contribution in [3.63, 3.8) is 0 Å². The molecule has 9 heteroatoms. The molecule has 1 aliphatic rings. The van der Waals surface area contributed by atoms with Gasteiger partial charge in [-0.1, -0.05) is 91.0 Å². The first kappa shape index (κ1) is 35.7. The number of benzene rings is 4. The summed E-state index contributed by atoms with van der Waals surface area (Å²) >= 11 is 1.83. The van der Waals surface area contributed by atoms with Gasteiger partial charge >= 0.3 is 12.1 Å². The van der Waals surface area contributed by atoms with Crippen LogP contribution in [0.5, 0.6) is 5.88 Å². The average molecular weight is 705 g/mol. The lowest BCUT2D eigenvalue weighted by Crippen LogP contribution is -2.42. The van der Waals surface area contributed by atoms with Gasteiger partial charge in [-0.25, -0.2) is 19.0 Å². The highest BCUT2D eigenvalue weighted by atomic mass is 32.2. The van der Waals surface area contributed by atoms with Crippen LogP contribution in [0.15, 0.2) is 127 Å². The van der Waals surface area contributed by atoms with Gasteiger partial charge in [0.05, 0.1) is 29.2 Å². The van der Waals surface area contributed by atoms with E-state index in [1.807, 2.05) is 50.7 Å². The van der Waals surface area contributed by atoms with Crippen LogP contribution in [-0.2, 0) is 14.2 Å². The van der Waals surface area contributed by atoms with Gasteiger partial charge in [0.25, 0.3) is 0 Å². The van der Waals surface area contributed by atoms with Crippen molar-refractivity contribution in [1.82, 2.24) is 9.88 Å². The van der Waals surface area contributed by atoms with E-state index in [9.17, 15) is 14.0 Å². The summed E-state index contributed by atoms with van der Waals surface area (Å²) in [6.45, 7) is 6.14. The van der Waals surface area contributed by atoms with Gasteiger partial charge in [-0.15, -0.1) is 11.8 Å². The molecular weight excluding hydrogens is 664 g/mol. The maximum atomic E-state index is 13.8. The molecule has 0 spiro atoms. The second kappa shape index (κ2) is 15.4. The zero-order valence-corrected chi connectivity index (χ0v) is 29.9. The Morgan fingerprint density at radius 2 is 1.35 bits per heavy atom. The highest BCUT2D eigenvalue weighted by molar-refractivity contribution is 8.01. The second-order valence-electron chi connectivity index (χ2n) is 13.4. The molecule has 2 atom stereocenters. The lowest BCUT2D eigenvalue weighted by Gasteiger charge is -2.37. The van der Waals surface area contributed by atoms with Crippen molar-refractivity contribution in [2.45, 2.75) is 48.8 Å². The van der Waals surface area contributed by atoms with Gasteiger partial charge in [-0.2, -0.15) is 0 Å². The lowest BCUT2D eigenvalue weighted by molar-refractivity contribution is 0.0185. The Hall–Kier alpha value is -5.15. The second-order valence-corrected chi connectivity index (χ2v) is 14.9. The number of carbonyl (C=O) groups is 2. The smallest absolute Gasteiger partial charge is 0.410 e. The number of hydrogen-bond acceptors (Lipinski definition) is 7. The fourth-order valence-corrected chi connectivity index (χ4v) is 8.31. The summed E-state index contributed by atoms with van der Waals surface area (Å²) in [5.41, 5.74) is 3.79. The number of nitrogens with zero attached hydrogens (tertiary/aromatic N) is 2. The molecule has 4 aromatic carbocycles. The summed E-state index contributed by atoms with van der Waals surface area (Å²) in [6, 6.07) is 40.0. The molecule has 0 saturated carbocycles. The number of carbonyl (C=O) groups excluding carboxylic acids is 2. The van der Waals surface area contributed by atoms with Crippen LogP contribution in [0, 0.1) is 5.82 Å². The third kappa shape index (κ3) is 8.10. The predicted octanol–water partition coefficient (Wildman–Crippen LogP) is 9.16. The maximum absolute atomic E-state index is 13.8. The largest absolute Gasteiger partial charge is 0.475 e. The molecule has 6 rings (SSSR count). The van der Waals surface area contributed by atoms with Crippen LogP contribution in [-0.4, -0.2) is 59.1 Å². The van der Waals surface area contributed by atoms with Crippen molar-refractivity contribution in [2.24, 2.45) is 0 Å². The Morgan fingerprint density at radius 3 is 1.86 bits per heavy atom. The van der Waals surface area contributed by atoms with Crippen LogP contribution in [0.2, 0.25) is 0 Å². The van der Waals surface area contributed by atoms with Crippen molar-refractivity contribution in [3.05, 3.63) is 155 Å². The molecule has 1 aliphatic heterocycles. The molecular formula is C42H41FN2O5S. The summed E-state index contributed by atoms with van der Waals surface area (Å²) in [5, 5.41) is -0.00354. The van der Waals surface area contributed by atoms with Crippen LogP contribution in [0.25, 0.3) is 11.3 Å². The number of thioether (sulfide) groups is 1. The minimum atomic E-state index is -0.690. The number of amides is 1. The summed E-state index contributed by atoms with van der Waals surface area (Å²) in [4.78, 5) is 32.8. The van der Waals surface area contributed by atoms with E-state index in [4.69, 9.17) is 14.2 Å². The summed E-state index contributed by atoms with van der Waals surface area (Å²) in [7, 11) is 1.29. The third-order valence-corrected chi connectivity index (χ3v) is 10.4. The lowest BCUT2D eigenvalue weighted by atomic mass is 9.84. The number of esters is 1. The third-order valence-electron chi connectivity index (χ3n) is 8.70. The normalized spacial score (nSPS) is 16.1. The predicted molar refractivity (Wildman–Crippen MR) is 198 cm³/mol. The SMILES string of the molecule is COC(=O)c1ccc(OC[C@@H]2C[C@H](SC(c3ccccc3)(c3ccccc3)c3ccccc3)CN2C(=O)OC(C)(C)C)nc1-c1ccc(F)cc1. The van der Waals surface area contributed by atoms with Gasteiger partial charge in [0, 0.05) is 23.4 Å². The molecule has 0 radical (unpaired) electrons. The van der Waals surface area contributed by atoms with E-state index in [2.05, 4.69) is 77.8 Å². The van der Waals surface area contributed by atoms with Gasteiger partial charge < -0.3 is 19.1 Å². The van der Waals surface area contributed by atoms with Crippen molar-refractivity contribution < 1.29 is 28.2 Å². The molecule has 1 amide bonds. The summed E-state index contributed by atoms with van der Waals surface area (Å²) in [6.07, 6.45) is 0.216. The zero-order chi connectivity index (χ0) is 36.0. The summed E-state index contributed by atoms with van der Waals surface area (Å²) in [5.74, 6) is -0.717. The molecule has 5 aromatic rings. The number of pyridine rings is 1. The van der Waals surface area contributed by atoms with Crippen molar-refractivity contribution in [3.8, 4) is 17.1 Å². The molecule has 1 fully saturated rings. The van der Waals surface area contributed by atoms with E-state index >= 15 is 0 Å². The van der Waals surface area contributed by atoms with E-state index in [1.165, 1.54) is 19.2 Å². The maximum Gasteiger partial charge on any atom is 0.410 e. The number of likely N-dealkylation sites (tertiary alicyclic amines) is 1. The van der Waals surface area contributed by atoms with Gasteiger partial charge in [0.15, 0.2) is 0 Å². The van der Waals surface area contributed by atoms with Crippen LogP contribution in [0.4, 0.5) is 9.18 Å². The first-order chi connectivity index (χ1) is 24.6. The fourth-order valence-electron chi connectivity index (χ4n) is 6.44. The number of halogens is 1. The first-order valence-corrected chi connectivity index (χ1v) is 17.8. The Labute approximate surface area is 302 Å². The molecule has 1 saturated heterocycles. The zero-order valence-electron chi connectivity index (χ0n) is 29.1. The van der Waals surface area contributed by atoms with E-state index in [1.54, 1.807) is 29.2 Å². The van der Waals surface area contributed by atoms with Crippen LogP contribution >= 0.6 is 11.8 Å². The minimum absolute atomic E-state index is 0.00354. The number of hydrogen-bond donors (Lipinski definition) is 0. The average Bonchev–Trinajstić information content (AvgIpc) is 3.56. The fraction of sp³-hybridized carbons (Fsp3) is 0.262. The molecule has 0 unspecified atom stereocenters. The molecule has 0 bridgehead atoms. The van der Waals surface area contributed by atoms with Crippen molar-refractivity contribution in [2.75, 3.05) is 20.3 Å². The Morgan fingerprint density at radius 1 is 0.804 bits per heavy atom. The Balaban J connectivity index is 1.34. The molecule has 51 heavy (non-hydrogen) atoms. The molecule has 2 heterocycles. The molecule has 0 N–H and O–H groups in total.